The SMILES string of the molecule is C/C(=N/O)[C@@H]1C[C@@]2(C)CC[C@@H]1C2(C)C. The highest BCUT2D eigenvalue weighted by Gasteiger charge is 2.60. The van der Waals surface area contributed by atoms with Crippen LogP contribution in [0.3, 0.4) is 0 Å². The van der Waals surface area contributed by atoms with Gasteiger partial charge in [-0.15, -0.1) is 0 Å². The summed E-state index contributed by atoms with van der Waals surface area (Å²) < 4.78 is 0. The van der Waals surface area contributed by atoms with E-state index in [1.54, 1.807) is 0 Å². The Bertz CT molecular complexity index is 279. The van der Waals surface area contributed by atoms with E-state index in [-0.39, 0.29) is 0 Å². The highest BCUT2D eigenvalue weighted by Crippen LogP contribution is 2.67. The van der Waals surface area contributed by atoms with Crippen LogP contribution in [0.15, 0.2) is 5.16 Å². The minimum absolute atomic E-state index is 0.420. The third-order valence-electron chi connectivity index (χ3n) is 5.34. The Morgan fingerprint density at radius 3 is 2.36 bits per heavy atom. The number of rotatable bonds is 1. The second-order valence-electron chi connectivity index (χ2n) is 5.98. The molecule has 2 aliphatic rings. The first-order valence-corrected chi connectivity index (χ1v) is 5.61. The maximum absolute atomic E-state index is 8.87. The lowest BCUT2D eigenvalue weighted by Gasteiger charge is -2.34. The topological polar surface area (TPSA) is 32.6 Å². The molecule has 2 fully saturated rings. The molecule has 2 nitrogen and oxygen atoms in total. The van der Waals surface area contributed by atoms with E-state index in [2.05, 4.69) is 25.9 Å². The Kier molecular flexibility index (Phi) is 1.96. The van der Waals surface area contributed by atoms with E-state index >= 15 is 0 Å². The lowest BCUT2D eigenvalue weighted by molar-refractivity contribution is 0.152. The fourth-order valence-corrected chi connectivity index (χ4v) is 3.81. The standard InChI is InChI=1S/C12H21NO/c1-8(13-14)9-7-12(4)6-5-10(9)11(12,2)3/h9-10,14H,5-7H2,1-4H3/b13-8-/t9-,10-,12+/m0/s1. The van der Waals surface area contributed by atoms with Gasteiger partial charge in [-0.3, -0.25) is 0 Å². The van der Waals surface area contributed by atoms with E-state index in [1.165, 1.54) is 19.3 Å². The average Bonchev–Trinajstić information content (AvgIpc) is 2.47. The van der Waals surface area contributed by atoms with E-state index in [1.807, 2.05) is 6.92 Å². The predicted molar refractivity (Wildman–Crippen MR) is 57.6 cm³/mol. The summed E-state index contributed by atoms with van der Waals surface area (Å²) in [5, 5.41) is 12.3. The van der Waals surface area contributed by atoms with Crippen LogP contribution in [-0.2, 0) is 0 Å². The molecule has 2 bridgehead atoms. The maximum atomic E-state index is 8.87. The van der Waals surface area contributed by atoms with Gasteiger partial charge in [0.2, 0.25) is 0 Å². The Morgan fingerprint density at radius 2 is 2.00 bits per heavy atom. The lowest BCUT2D eigenvalue weighted by atomic mass is 9.71. The van der Waals surface area contributed by atoms with Gasteiger partial charge in [0.1, 0.15) is 0 Å². The molecular weight excluding hydrogens is 174 g/mol. The second-order valence-corrected chi connectivity index (χ2v) is 5.98. The van der Waals surface area contributed by atoms with Crippen LogP contribution in [0.25, 0.3) is 0 Å². The van der Waals surface area contributed by atoms with Crippen molar-refractivity contribution in [1.29, 1.82) is 0 Å². The van der Waals surface area contributed by atoms with Crippen LogP contribution in [0.5, 0.6) is 0 Å². The van der Waals surface area contributed by atoms with Gasteiger partial charge < -0.3 is 5.21 Å². The first kappa shape index (κ1) is 10.0. The summed E-state index contributed by atoms with van der Waals surface area (Å²) in [4.78, 5) is 0. The lowest BCUT2D eigenvalue weighted by Crippen LogP contribution is -2.26. The third kappa shape index (κ3) is 0.999. The molecule has 2 heteroatoms. The molecule has 2 aliphatic carbocycles. The van der Waals surface area contributed by atoms with Crippen molar-refractivity contribution in [3.8, 4) is 0 Å². The van der Waals surface area contributed by atoms with Crippen molar-refractivity contribution in [2.75, 3.05) is 0 Å². The van der Waals surface area contributed by atoms with E-state index in [4.69, 9.17) is 5.21 Å². The molecule has 80 valence electrons. The zero-order valence-corrected chi connectivity index (χ0v) is 9.67. The van der Waals surface area contributed by atoms with Crippen LogP contribution in [0, 0.1) is 22.7 Å². The fraction of sp³-hybridized carbons (Fsp3) is 0.917. The van der Waals surface area contributed by atoms with E-state index in [9.17, 15) is 0 Å². The summed E-state index contributed by atoms with van der Waals surface area (Å²) in [5.41, 5.74) is 1.82. The highest BCUT2D eigenvalue weighted by atomic mass is 16.4. The Labute approximate surface area is 86.4 Å². The number of hydrogen-bond donors (Lipinski definition) is 1. The predicted octanol–water partition coefficient (Wildman–Crippen LogP) is 3.30. The average molecular weight is 195 g/mol. The van der Waals surface area contributed by atoms with E-state index < -0.39 is 0 Å². The molecule has 2 saturated carbocycles. The largest absolute Gasteiger partial charge is 0.411 e. The van der Waals surface area contributed by atoms with Gasteiger partial charge in [0.05, 0.1) is 5.71 Å². The Balaban J connectivity index is 2.32. The summed E-state index contributed by atoms with van der Waals surface area (Å²) in [6.07, 6.45) is 3.86. The molecule has 3 atom stereocenters. The molecule has 0 unspecified atom stereocenters. The zero-order chi connectivity index (χ0) is 10.6. The van der Waals surface area contributed by atoms with Crippen molar-refractivity contribution in [1.82, 2.24) is 0 Å². The van der Waals surface area contributed by atoms with Crippen LogP contribution in [-0.4, -0.2) is 10.9 Å². The first-order chi connectivity index (χ1) is 6.42. The molecule has 0 heterocycles. The van der Waals surface area contributed by atoms with Crippen LogP contribution in [0.2, 0.25) is 0 Å². The molecule has 0 spiro atoms. The van der Waals surface area contributed by atoms with Crippen molar-refractivity contribution in [2.45, 2.75) is 47.0 Å². The molecule has 0 radical (unpaired) electrons. The minimum atomic E-state index is 0.420. The van der Waals surface area contributed by atoms with Crippen molar-refractivity contribution < 1.29 is 5.21 Å². The van der Waals surface area contributed by atoms with Crippen LogP contribution in [0.1, 0.15) is 47.0 Å². The fourth-order valence-electron chi connectivity index (χ4n) is 3.81. The second kappa shape index (κ2) is 2.74. The van der Waals surface area contributed by atoms with Crippen molar-refractivity contribution in [3.05, 3.63) is 0 Å². The van der Waals surface area contributed by atoms with Crippen molar-refractivity contribution in [3.63, 3.8) is 0 Å². The van der Waals surface area contributed by atoms with Crippen LogP contribution >= 0.6 is 0 Å². The maximum Gasteiger partial charge on any atom is 0.0574 e. The minimum Gasteiger partial charge on any atom is -0.411 e. The highest BCUT2D eigenvalue weighted by molar-refractivity contribution is 5.84. The molecule has 2 rings (SSSR count). The Hall–Kier alpha value is -0.530. The zero-order valence-electron chi connectivity index (χ0n) is 9.67. The molecular formula is C12H21NO. The number of fused-ring (bicyclic) bond motifs is 2. The van der Waals surface area contributed by atoms with Gasteiger partial charge >= 0.3 is 0 Å². The summed E-state index contributed by atoms with van der Waals surface area (Å²) in [5.74, 6) is 1.25. The molecule has 0 aromatic rings. The monoisotopic (exact) mass is 195 g/mol. The number of oxime groups is 1. The molecule has 0 aromatic heterocycles. The number of nitrogens with zero attached hydrogens (tertiary/aromatic N) is 1. The van der Waals surface area contributed by atoms with Gasteiger partial charge in [-0.05, 0) is 42.9 Å². The number of hydrogen-bond acceptors (Lipinski definition) is 2. The van der Waals surface area contributed by atoms with Gasteiger partial charge in [0, 0.05) is 5.92 Å². The molecule has 0 aromatic carbocycles. The quantitative estimate of drug-likeness (QED) is 0.388. The smallest absolute Gasteiger partial charge is 0.0574 e. The summed E-state index contributed by atoms with van der Waals surface area (Å²) in [6.45, 7) is 9.13. The van der Waals surface area contributed by atoms with Crippen LogP contribution in [0.4, 0.5) is 0 Å². The molecule has 1 N–H and O–H groups in total. The summed E-state index contributed by atoms with van der Waals surface area (Å²) >= 11 is 0. The van der Waals surface area contributed by atoms with E-state index in [0.717, 1.165) is 11.6 Å². The molecule has 0 saturated heterocycles. The van der Waals surface area contributed by atoms with Crippen molar-refractivity contribution >= 4 is 5.71 Å². The van der Waals surface area contributed by atoms with Gasteiger partial charge in [0.15, 0.2) is 0 Å². The normalized spacial score (nSPS) is 45.9. The van der Waals surface area contributed by atoms with Gasteiger partial charge in [-0.1, -0.05) is 25.9 Å². The van der Waals surface area contributed by atoms with Crippen molar-refractivity contribution in [2.24, 2.45) is 27.8 Å². The van der Waals surface area contributed by atoms with Crippen LogP contribution < -0.4 is 0 Å². The van der Waals surface area contributed by atoms with Gasteiger partial charge in [-0.25, -0.2) is 0 Å². The summed E-state index contributed by atoms with van der Waals surface area (Å²) in [6, 6.07) is 0. The van der Waals surface area contributed by atoms with E-state index in [0.29, 0.717) is 16.7 Å². The summed E-state index contributed by atoms with van der Waals surface area (Å²) in [7, 11) is 0. The molecule has 0 aliphatic heterocycles. The van der Waals surface area contributed by atoms with Gasteiger partial charge in [0.25, 0.3) is 0 Å². The third-order valence-corrected chi connectivity index (χ3v) is 5.34. The first-order valence-electron chi connectivity index (χ1n) is 5.61. The molecule has 0 amide bonds. The van der Waals surface area contributed by atoms with Gasteiger partial charge in [-0.2, -0.15) is 0 Å². The Morgan fingerprint density at radius 1 is 1.36 bits per heavy atom. The molecule has 14 heavy (non-hydrogen) atoms.